The Labute approximate surface area is 147 Å². The lowest BCUT2D eigenvalue weighted by Crippen LogP contribution is -2.33. The summed E-state index contributed by atoms with van der Waals surface area (Å²) in [5, 5.41) is 2.08. The van der Waals surface area contributed by atoms with Crippen LogP contribution >= 0.6 is 0 Å². The van der Waals surface area contributed by atoms with E-state index in [2.05, 4.69) is 16.7 Å². The standard InChI is InChI=1S/C23H18NO/c25-23(22-12-6-10-19-9-4-5-11-21(19)22)20-13-15-24(16-14-20)17-18-7-2-1-3-8-18/h1-16H,17H2/q+1. The maximum Gasteiger partial charge on any atom is 0.194 e. The predicted octanol–water partition coefficient (Wildman–Crippen LogP) is 4.41. The molecule has 4 rings (SSSR count). The van der Waals surface area contributed by atoms with Crippen molar-refractivity contribution >= 4 is 16.6 Å². The summed E-state index contributed by atoms with van der Waals surface area (Å²) in [6.45, 7) is 0.795. The molecule has 1 heterocycles. The lowest BCUT2D eigenvalue weighted by molar-refractivity contribution is -0.688. The zero-order valence-electron chi connectivity index (χ0n) is 13.8. The first-order chi connectivity index (χ1) is 12.3. The van der Waals surface area contributed by atoms with Crippen molar-refractivity contribution in [1.82, 2.24) is 0 Å². The Morgan fingerprint density at radius 1 is 0.720 bits per heavy atom. The summed E-state index contributed by atoms with van der Waals surface area (Å²) in [4.78, 5) is 12.9. The Balaban J connectivity index is 1.62. The molecular formula is C23H18NO+. The number of fused-ring (bicyclic) bond motifs is 1. The number of aromatic nitrogens is 1. The van der Waals surface area contributed by atoms with Crippen molar-refractivity contribution in [3.8, 4) is 0 Å². The molecule has 0 unspecified atom stereocenters. The lowest BCUT2D eigenvalue weighted by atomic mass is 9.98. The number of pyridine rings is 1. The SMILES string of the molecule is O=C(c1cc[n+](Cc2ccccc2)cc1)c1cccc2ccccc12. The van der Waals surface area contributed by atoms with Crippen LogP contribution in [-0.4, -0.2) is 5.78 Å². The van der Waals surface area contributed by atoms with E-state index in [4.69, 9.17) is 0 Å². The van der Waals surface area contributed by atoms with Crippen LogP contribution in [0.5, 0.6) is 0 Å². The van der Waals surface area contributed by atoms with Crippen molar-refractivity contribution in [2.75, 3.05) is 0 Å². The summed E-state index contributed by atoms with van der Waals surface area (Å²) in [6, 6.07) is 27.9. The number of carbonyl (C=O) groups excluding carboxylic acids is 1. The van der Waals surface area contributed by atoms with Gasteiger partial charge in [0.1, 0.15) is 0 Å². The van der Waals surface area contributed by atoms with Gasteiger partial charge in [0.15, 0.2) is 24.7 Å². The number of nitrogens with zero attached hydrogens (tertiary/aromatic N) is 1. The highest BCUT2D eigenvalue weighted by atomic mass is 16.1. The summed E-state index contributed by atoms with van der Waals surface area (Å²) in [5.41, 5.74) is 2.69. The van der Waals surface area contributed by atoms with Crippen LogP contribution in [0, 0.1) is 0 Å². The van der Waals surface area contributed by atoms with Gasteiger partial charge in [-0.3, -0.25) is 4.79 Å². The van der Waals surface area contributed by atoms with Crippen molar-refractivity contribution < 1.29 is 9.36 Å². The molecule has 3 aromatic carbocycles. The van der Waals surface area contributed by atoms with Crippen LogP contribution in [0.25, 0.3) is 10.8 Å². The molecule has 0 N–H and O–H groups in total. The second-order valence-electron chi connectivity index (χ2n) is 6.10. The van der Waals surface area contributed by atoms with Crippen LogP contribution in [0.4, 0.5) is 0 Å². The fourth-order valence-electron chi connectivity index (χ4n) is 3.09. The number of rotatable bonds is 4. The van der Waals surface area contributed by atoms with E-state index in [1.54, 1.807) is 0 Å². The van der Waals surface area contributed by atoms with Gasteiger partial charge in [0, 0.05) is 28.8 Å². The summed E-state index contributed by atoms with van der Waals surface area (Å²) in [7, 11) is 0. The highest BCUT2D eigenvalue weighted by Gasteiger charge is 2.13. The Kier molecular flexibility index (Phi) is 4.09. The van der Waals surface area contributed by atoms with Crippen LogP contribution in [0.2, 0.25) is 0 Å². The van der Waals surface area contributed by atoms with Gasteiger partial charge in [0.25, 0.3) is 0 Å². The largest absolute Gasteiger partial charge is 0.289 e. The highest BCUT2D eigenvalue weighted by Crippen LogP contribution is 2.21. The van der Waals surface area contributed by atoms with Crippen LogP contribution in [0.1, 0.15) is 21.5 Å². The molecule has 0 radical (unpaired) electrons. The Morgan fingerprint density at radius 3 is 2.20 bits per heavy atom. The third-order valence-corrected chi connectivity index (χ3v) is 4.40. The molecule has 0 aliphatic carbocycles. The van der Waals surface area contributed by atoms with Gasteiger partial charge < -0.3 is 0 Å². The minimum atomic E-state index is 0.0589. The van der Waals surface area contributed by atoms with Crippen LogP contribution < -0.4 is 4.57 Å². The molecule has 0 amide bonds. The van der Waals surface area contributed by atoms with E-state index in [0.717, 1.165) is 22.9 Å². The van der Waals surface area contributed by atoms with E-state index in [-0.39, 0.29) is 5.78 Å². The van der Waals surface area contributed by atoms with E-state index in [9.17, 15) is 4.79 Å². The summed E-state index contributed by atoms with van der Waals surface area (Å²) < 4.78 is 2.08. The van der Waals surface area contributed by atoms with Crippen molar-refractivity contribution in [3.05, 3.63) is 114 Å². The molecule has 25 heavy (non-hydrogen) atoms. The first-order valence-electron chi connectivity index (χ1n) is 8.37. The summed E-state index contributed by atoms with van der Waals surface area (Å²) in [6.07, 6.45) is 3.93. The number of hydrogen-bond donors (Lipinski definition) is 0. The molecule has 120 valence electrons. The first-order valence-corrected chi connectivity index (χ1v) is 8.37. The molecule has 2 nitrogen and oxygen atoms in total. The van der Waals surface area contributed by atoms with E-state index in [0.29, 0.717) is 5.56 Å². The fraction of sp³-hybridized carbons (Fsp3) is 0.0435. The monoisotopic (exact) mass is 324 g/mol. The first kappa shape index (κ1) is 15.3. The second-order valence-corrected chi connectivity index (χ2v) is 6.10. The fourth-order valence-corrected chi connectivity index (χ4v) is 3.09. The number of ketones is 1. The molecule has 4 aromatic rings. The van der Waals surface area contributed by atoms with Crippen molar-refractivity contribution in [2.24, 2.45) is 0 Å². The number of carbonyl (C=O) groups is 1. The zero-order chi connectivity index (χ0) is 17.1. The smallest absolute Gasteiger partial charge is 0.194 e. The number of benzene rings is 3. The normalized spacial score (nSPS) is 10.7. The van der Waals surface area contributed by atoms with Gasteiger partial charge in [0.05, 0.1) is 0 Å². The topological polar surface area (TPSA) is 20.9 Å². The molecule has 2 heteroatoms. The molecule has 0 aliphatic heterocycles. The minimum absolute atomic E-state index is 0.0589. The van der Waals surface area contributed by atoms with E-state index in [1.165, 1.54) is 5.56 Å². The molecule has 0 aliphatic rings. The van der Waals surface area contributed by atoms with Crippen LogP contribution in [-0.2, 0) is 6.54 Å². The summed E-state index contributed by atoms with van der Waals surface area (Å²) >= 11 is 0. The number of hydrogen-bond acceptors (Lipinski definition) is 1. The van der Waals surface area contributed by atoms with Gasteiger partial charge in [-0.15, -0.1) is 0 Å². The second kappa shape index (κ2) is 6.70. The van der Waals surface area contributed by atoms with E-state index < -0.39 is 0 Å². The molecule has 0 saturated heterocycles. The molecule has 0 bridgehead atoms. The van der Waals surface area contributed by atoms with Crippen LogP contribution in [0.15, 0.2) is 97.3 Å². The average Bonchev–Trinajstić information content (AvgIpc) is 2.68. The average molecular weight is 324 g/mol. The van der Waals surface area contributed by atoms with Gasteiger partial charge in [-0.25, -0.2) is 4.57 Å². The van der Waals surface area contributed by atoms with Gasteiger partial charge >= 0.3 is 0 Å². The third kappa shape index (κ3) is 3.20. The third-order valence-electron chi connectivity index (χ3n) is 4.40. The maximum absolute atomic E-state index is 12.9. The van der Waals surface area contributed by atoms with Crippen molar-refractivity contribution in [2.45, 2.75) is 6.54 Å². The van der Waals surface area contributed by atoms with E-state index >= 15 is 0 Å². The van der Waals surface area contributed by atoms with Crippen molar-refractivity contribution in [3.63, 3.8) is 0 Å². The minimum Gasteiger partial charge on any atom is -0.289 e. The van der Waals surface area contributed by atoms with Gasteiger partial charge in [-0.2, -0.15) is 0 Å². The predicted molar refractivity (Wildman–Crippen MR) is 99.6 cm³/mol. The Bertz CT molecular complexity index is 1020. The molecule has 0 fully saturated rings. The van der Waals surface area contributed by atoms with Crippen molar-refractivity contribution in [1.29, 1.82) is 0 Å². The molecular weight excluding hydrogens is 306 g/mol. The van der Waals surface area contributed by atoms with E-state index in [1.807, 2.05) is 85.2 Å². The van der Waals surface area contributed by atoms with Gasteiger partial charge in [-0.05, 0) is 10.8 Å². The summed E-state index contributed by atoms with van der Waals surface area (Å²) in [5.74, 6) is 0.0589. The maximum atomic E-state index is 12.9. The lowest BCUT2D eigenvalue weighted by Gasteiger charge is -2.05. The Hall–Kier alpha value is -3.26. The molecule has 1 aromatic heterocycles. The van der Waals surface area contributed by atoms with Crippen LogP contribution in [0.3, 0.4) is 0 Å². The molecule has 0 spiro atoms. The molecule has 0 atom stereocenters. The molecule has 0 saturated carbocycles. The Morgan fingerprint density at radius 2 is 1.40 bits per heavy atom. The van der Waals surface area contributed by atoms with Gasteiger partial charge in [0.2, 0.25) is 0 Å². The quantitative estimate of drug-likeness (QED) is 0.402. The van der Waals surface area contributed by atoms with Gasteiger partial charge in [-0.1, -0.05) is 72.8 Å². The highest BCUT2D eigenvalue weighted by molar-refractivity contribution is 6.16. The zero-order valence-corrected chi connectivity index (χ0v) is 13.8.